The molecule has 0 radical (unpaired) electrons. The Hall–Kier alpha value is -3.33. The fourth-order valence-electron chi connectivity index (χ4n) is 3.41. The molecule has 2 aromatic heterocycles. The van der Waals surface area contributed by atoms with Crippen molar-refractivity contribution >= 4 is 16.8 Å². The van der Waals surface area contributed by atoms with Gasteiger partial charge in [0, 0.05) is 17.5 Å². The monoisotopic (exact) mass is 378 g/mol. The molecule has 0 amide bonds. The van der Waals surface area contributed by atoms with Crippen molar-refractivity contribution in [1.82, 2.24) is 4.57 Å². The summed E-state index contributed by atoms with van der Waals surface area (Å²) in [7, 11) is 0. The third kappa shape index (κ3) is 2.99. The Kier molecular flexibility index (Phi) is 5.10. The van der Waals surface area contributed by atoms with Crippen molar-refractivity contribution in [3.05, 3.63) is 62.1 Å². The molecule has 0 spiro atoms. The van der Waals surface area contributed by atoms with Crippen LogP contribution >= 0.6 is 0 Å². The van der Waals surface area contributed by atoms with Crippen LogP contribution in [0.3, 0.4) is 0 Å². The summed E-state index contributed by atoms with van der Waals surface area (Å²) >= 11 is 0. The molecule has 0 saturated carbocycles. The number of aromatic hydroxyl groups is 1. The van der Waals surface area contributed by atoms with Crippen LogP contribution in [0.4, 0.5) is 0 Å². The number of nitriles is 1. The van der Waals surface area contributed by atoms with Gasteiger partial charge in [-0.25, -0.2) is 0 Å². The summed E-state index contributed by atoms with van der Waals surface area (Å²) in [5.41, 5.74) is 1.62. The van der Waals surface area contributed by atoms with Crippen molar-refractivity contribution in [2.75, 3.05) is 0 Å². The molecule has 6 heteroatoms. The van der Waals surface area contributed by atoms with E-state index in [9.17, 15) is 20.0 Å². The smallest absolute Gasteiger partial charge is 0.271 e. The molecule has 0 aliphatic carbocycles. The zero-order chi connectivity index (χ0) is 20.6. The number of benzene rings is 1. The number of carbonyl (C=O) groups excluding carboxylic acids is 1. The SMILES string of the molecule is CCCCn1c(O)c(C(=O)c2oc3cc(C)ccc3c2C)c(C)c(C#N)c1=O. The second-order valence-electron chi connectivity index (χ2n) is 7.01. The average Bonchev–Trinajstić information content (AvgIpc) is 2.97. The number of hydrogen-bond acceptors (Lipinski definition) is 5. The number of nitrogens with zero attached hydrogens (tertiary/aromatic N) is 2. The summed E-state index contributed by atoms with van der Waals surface area (Å²) in [5, 5.41) is 21.0. The molecule has 0 fully saturated rings. The summed E-state index contributed by atoms with van der Waals surface area (Å²) in [6.07, 6.45) is 1.44. The maximum Gasteiger partial charge on any atom is 0.271 e. The highest BCUT2D eigenvalue weighted by Crippen LogP contribution is 2.31. The maximum absolute atomic E-state index is 13.3. The highest BCUT2D eigenvalue weighted by Gasteiger charge is 2.28. The molecular formula is C22H22N2O4. The van der Waals surface area contributed by atoms with Gasteiger partial charge in [-0.05, 0) is 44.4 Å². The van der Waals surface area contributed by atoms with E-state index >= 15 is 0 Å². The van der Waals surface area contributed by atoms with Crippen LogP contribution in [0.5, 0.6) is 5.88 Å². The largest absolute Gasteiger partial charge is 0.494 e. The lowest BCUT2D eigenvalue weighted by Gasteiger charge is -2.14. The zero-order valence-corrected chi connectivity index (χ0v) is 16.4. The van der Waals surface area contributed by atoms with Gasteiger partial charge in [-0.1, -0.05) is 25.5 Å². The third-order valence-electron chi connectivity index (χ3n) is 5.06. The fourth-order valence-corrected chi connectivity index (χ4v) is 3.41. The number of furan rings is 1. The van der Waals surface area contributed by atoms with E-state index in [4.69, 9.17) is 4.42 Å². The first-order valence-corrected chi connectivity index (χ1v) is 9.22. The number of hydrogen-bond donors (Lipinski definition) is 1. The third-order valence-corrected chi connectivity index (χ3v) is 5.06. The number of fused-ring (bicyclic) bond motifs is 1. The van der Waals surface area contributed by atoms with Gasteiger partial charge in [0.25, 0.3) is 5.56 Å². The van der Waals surface area contributed by atoms with E-state index in [2.05, 4.69) is 0 Å². The normalized spacial score (nSPS) is 11.0. The predicted octanol–water partition coefficient (Wildman–Crippen LogP) is 4.13. The minimum absolute atomic E-state index is 0.0638. The molecule has 1 aromatic carbocycles. The summed E-state index contributed by atoms with van der Waals surface area (Å²) in [6, 6.07) is 7.53. The van der Waals surface area contributed by atoms with Crippen LogP contribution in [0.25, 0.3) is 11.0 Å². The standard InChI is InChI=1S/C22H22N2O4/c1-5-6-9-24-21(26)16(11-23)13(3)18(22(24)27)19(25)20-14(4)15-8-7-12(2)10-17(15)28-20/h7-8,10,27H,5-6,9H2,1-4H3. The van der Waals surface area contributed by atoms with E-state index in [0.29, 0.717) is 17.6 Å². The minimum Gasteiger partial charge on any atom is -0.494 e. The van der Waals surface area contributed by atoms with Gasteiger partial charge >= 0.3 is 0 Å². The van der Waals surface area contributed by atoms with Crippen molar-refractivity contribution in [3.63, 3.8) is 0 Å². The van der Waals surface area contributed by atoms with Crippen LogP contribution in [-0.2, 0) is 6.54 Å². The molecule has 0 bridgehead atoms. The maximum atomic E-state index is 13.3. The van der Waals surface area contributed by atoms with E-state index in [1.807, 2.05) is 38.1 Å². The van der Waals surface area contributed by atoms with Crippen molar-refractivity contribution in [3.8, 4) is 11.9 Å². The van der Waals surface area contributed by atoms with Crippen LogP contribution in [0.15, 0.2) is 27.4 Å². The molecule has 6 nitrogen and oxygen atoms in total. The van der Waals surface area contributed by atoms with Crippen molar-refractivity contribution < 1.29 is 14.3 Å². The summed E-state index contributed by atoms with van der Waals surface area (Å²) in [5.74, 6) is -0.859. The van der Waals surface area contributed by atoms with Crippen LogP contribution < -0.4 is 5.56 Å². The van der Waals surface area contributed by atoms with Gasteiger partial charge in [0.1, 0.15) is 17.2 Å². The molecule has 0 atom stereocenters. The molecule has 2 heterocycles. The molecule has 144 valence electrons. The highest BCUT2D eigenvalue weighted by molar-refractivity contribution is 6.12. The first-order chi connectivity index (χ1) is 13.3. The number of unbranched alkanes of at least 4 members (excludes halogenated alkanes) is 1. The molecule has 1 N–H and O–H groups in total. The second-order valence-corrected chi connectivity index (χ2v) is 7.01. The molecule has 0 saturated heterocycles. The molecule has 3 rings (SSSR count). The van der Waals surface area contributed by atoms with Gasteiger partial charge in [-0.2, -0.15) is 5.26 Å². The van der Waals surface area contributed by atoms with Gasteiger partial charge in [0.2, 0.25) is 11.7 Å². The first kappa shape index (κ1) is 19.4. The predicted molar refractivity (Wildman–Crippen MR) is 106 cm³/mol. The van der Waals surface area contributed by atoms with E-state index in [0.717, 1.165) is 21.9 Å². The van der Waals surface area contributed by atoms with Crippen LogP contribution in [0, 0.1) is 32.1 Å². The van der Waals surface area contributed by atoms with Crippen LogP contribution in [0.1, 0.15) is 58.1 Å². The molecule has 0 aliphatic rings. The van der Waals surface area contributed by atoms with Crippen molar-refractivity contribution in [1.29, 1.82) is 5.26 Å². The van der Waals surface area contributed by atoms with E-state index in [1.165, 1.54) is 6.92 Å². The van der Waals surface area contributed by atoms with Crippen molar-refractivity contribution in [2.45, 2.75) is 47.1 Å². The van der Waals surface area contributed by atoms with E-state index in [1.54, 1.807) is 6.92 Å². The number of aryl methyl sites for hydroxylation is 2. The Morgan fingerprint density at radius 2 is 1.96 bits per heavy atom. The summed E-state index contributed by atoms with van der Waals surface area (Å²) < 4.78 is 6.90. The zero-order valence-electron chi connectivity index (χ0n) is 16.4. The highest BCUT2D eigenvalue weighted by atomic mass is 16.3. The fraction of sp³-hybridized carbons (Fsp3) is 0.318. The number of ketones is 1. The molecule has 0 unspecified atom stereocenters. The lowest BCUT2D eigenvalue weighted by Crippen LogP contribution is -2.27. The summed E-state index contributed by atoms with van der Waals surface area (Å²) in [6.45, 7) is 7.39. The van der Waals surface area contributed by atoms with Gasteiger partial charge in [0.15, 0.2) is 5.76 Å². The van der Waals surface area contributed by atoms with Gasteiger partial charge in [-0.15, -0.1) is 0 Å². The number of carbonyl (C=O) groups is 1. The molecular weight excluding hydrogens is 356 g/mol. The summed E-state index contributed by atoms with van der Waals surface area (Å²) in [4.78, 5) is 25.8. The second kappa shape index (κ2) is 7.35. The van der Waals surface area contributed by atoms with Crippen LogP contribution in [-0.4, -0.2) is 15.5 Å². The molecule has 28 heavy (non-hydrogen) atoms. The topological polar surface area (TPSA) is 96.2 Å². The first-order valence-electron chi connectivity index (χ1n) is 9.22. The number of pyridine rings is 1. The average molecular weight is 378 g/mol. The lowest BCUT2D eigenvalue weighted by atomic mass is 9.98. The van der Waals surface area contributed by atoms with Gasteiger partial charge < -0.3 is 9.52 Å². The number of aromatic nitrogens is 1. The quantitative estimate of drug-likeness (QED) is 0.674. The Bertz CT molecular complexity index is 1190. The number of rotatable bonds is 5. The molecule has 3 aromatic rings. The Balaban J connectivity index is 2.26. The Morgan fingerprint density at radius 1 is 1.25 bits per heavy atom. The van der Waals surface area contributed by atoms with E-state index in [-0.39, 0.29) is 29.0 Å². The van der Waals surface area contributed by atoms with E-state index < -0.39 is 17.2 Å². The van der Waals surface area contributed by atoms with Crippen molar-refractivity contribution in [2.24, 2.45) is 0 Å². The Morgan fingerprint density at radius 3 is 2.61 bits per heavy atom. The minimum atomic E-state index is -0.584. The van der Waals surface area contributed by atoms with Crippen LogP contribution in [0.2, 0.25) is 0 Å². The van der Waals surface area contributed by atoms with Gasteiger partial charge in [-0.3, -0.25) is 14.2 Å². The Labute approximate surface area is 162 Å². The molecule has 0 aliphatic heterocycles. The lowest BCUT2D eigenvalue weighted by molar-refractivity contribution is 0.100. The van der Waals surface area contributed by atoms with Gasteiger partial charge in [0.05, 0.1) is 5.56 Å².